The summed E-state index contributed by atoms with van der Waals surface area (Å²) >= 11 is 0. The summed E-state index contributed by atoms with van der Waals surface area (Å²) in [5.74, 6) is 0.804. The van der Waals surface area contributed by atoms with Crippen LogP contribution in [0.4, 0.5) is 0 Å². The number of amides is 1. The van der Waals surface area contributed by atoms with Gasteiger partial charge in [-0.25, -0.2) is 13.4 Å². The molecule has 1 aromatic heterocycles. The monoisotopic (exact) mass is 449 g/mol. The van der Waals surface area contributed by atoms with Gasteiger partial charge in [0.25, 0.3) is 0 Å². The van der Waals surface area contributed by atoms with Crippen LogP contribution in [0.1, 0.15) is 45.9 Å². The maximum absolute atomic E-state index is 12.8. The Morgan fingerprint density at radius 1 is 1.26 bits per heavy atom. The summed E-state index contributed by atoms with van der Waals surface area (Å²) in [5.41, 5.74) is 1.49. The fourth-order valence-corrected chi connectivity index (χ4v) is 5.89. The van der Waals surface area contributed by atoms with Gasteiger partial charge >= 0.3 is 0 Å². The zero-order valence-electron chi connectivity index (χ0n) is 19.1. The third kappa shape index (κ3) is 5.10. The van der Waals surface area contributed by atoms with Crippen LogP contribution in [0.5, 0.6) is 0 Å². The van der Waals surface area contributed by atoms with Crippen molar-refractivity contribution in [3.05, 3.63) is 24.0 Å². The fraction of sp³-hybridized carbons (Fsp3) is 0.636. The van der Waals surface area contributed by atoms with Crippen molar-refractivity contribution in [2.75, 3.05) is 32.7 Å². The third-order valence-electron chi connectivity index (χ3n) is 6.30. The standard InChI is InChI=1S/C22H35N5O3S/c1-5-26-14-8-9-17(26)16-23-22(28)13-12-21-24-19-15-18(10-11-20(19)25(21)4)31(29,30)27(6-2)7-3/h10-11,15,17H,5-9,12-14,16H2,1-4H3,(H,23,28). The van der Waals surface area contributed by atoms with Crippen molar-refractivity contribution >= 4 is 27.0 Å². The van der Waals surface area contributed by atoms with Crippen molar-refractivity contribution in [3.8, 4) is 0 Å². The van der Waals surface area contributed by atoms with E-state index >= 15 is 0 Å². The van der Waals surface area contributed by atoms with Gasteiger partial charge in [-0.05, 0) is 44.1 Å². The molecule has 0 radical (unpaired) electrons. The summed E-state index contributed by atoms with van der Waals surface area (Å²) in [6, 6.07) is 5.50. The van der Waals surface area contributed by atoms with E-state index in [0.29, 0.717) is 44.0 Å². The molecule has 1 fully saturated rings. The summed E-state index contributed by atoms with van der Waals surface area (Å²) in [7, 11) is -1.63. The van der Waals surface area contributed by atoms with Gasteiger partial charge in [0, 0.05) is 45.6 Å². The number of nitrogens with one attached hydrogen (secondary N) is 1. The number of carbonyl (C=O) groups excluding carboxylic acids is 1. The Morgan fingerprint density at radius 3 is 2.68 bits per heavy atom. The molecule has 0 saturated carbocycles. The first-order valence-corrected chi connectivity index (χ1v) is 12.7. The molecule has 1 saturated heterocycles. The number of likely N-dealkylation sites (N-methyl/N-ethyl adjacent to an activating group) is 1. The number of imidazole rings is 1. The maximum Gasteiger partial charge on any atom is 0.243 e. The molecule has 31 heavy (non-hydrogen) atoms. The summed E-state index contributed by atoms with van der Waals surface area (Å²) < 4.78 is 29.0. The second-order valence-electron chi connectivity index (χ2n) is 8.06. The van der Waals surface area contributed by atoms with E-state index in [0.717, 1.165) is 30.9 Å². The summed E-state index contributed by atoms with van der Waals surface area (Å²) in [6.07, 6.45) is 3.20. The lowest BCUT2D eigenvalue weighted by Gasteiger charge is -2.22. The van der Waals surface area contributed by atoms with Crippen molar-refractivity contribution in [1.82, 2.24) is 24.1 Å². The van der Waals surface area contributed by atoms with Crippen LogP contribution >= 0.6 is 0 Å². The molecule has 1 unspecified atom stereocenters. The van der Waals surface area contributed by atoms with Crippen LogP contribution in [-0.2, 0) is 28.3 Å². The predicted molar refractivity (Wildman–Crippen MR) is 122 cm³/mol. The predicted octanol–water partition coefficient (Wildman–Crippen LogP) is 2.14. The number of hydrogen-bond acceptors (Lipinski definition) is 5. The summed E-state index contributed by atoms with van der Waals surface area (Å²) in [6.45, 7) is 9.50. The van der Waals surface area contributed by atoms with Crippen molar-refractivity contribution in [2.24, 2.45) is 7.05 Å². The molecule has 3 rings (SSSR count). The Morgan fingerprint density at radius 2 is 2.00 bits per heavy atom. The Labute approximate surface area is 185 Å². The molecule has 2 heterocycles. The summed E-state index contributed by atoms with van der Waals surface area (Å²) in [4.78, 5) is 19.7. The number of aryl methyl sites for hydroxylation is 2. The van der Waals surface area contributed by atoms with E-state index in [9.17, 15) is 13.2 Å². The molecule has 9 heteroatoms. The minimum Gasteiger partial charge on any atom is -0.355 e. The van der Waals surface area contributed by atoms with Crippen LogP contribution in [0, 0.1) is 0 Å². The number of fused-ring (bicyclic) bond motifs is 1. The van der Waals surface area contributed by atoms with Crippen LogP contribution in [0.3, 0.4) is 0 Å². The minimum absolute atomic E-state index is 0.0276. The van der Waals surface area contributed by atoms with E-state index in [4.69, 9.17) is 0 Å². The molecule has 1 aliphatic rings. The Hall–Kier alpha value is -1.97. The number of sulfonamides is 1. The van der Waals surface area contributed by atoms with Crippen LogP contribution in [-0.4, -0.2) is 71.8 Å². The molecular weight excluding hydrogens is 414 g/mol. The number of rotatable bonds is 10. The lowest BCUT2D eigenvalue weighted by atomic mass is 10.2. The first kappa shape index (κ1) is 23.7. The number of benzene rings is 1. The van der Waals surface area contributed by atoms with Crippen molar-refractivity contribution in [2.45, 2.75) is 57.4 Å². The zero-order chi connectivity index (χ0) is 22.6. The number of hydrogen-bond donors (Lipinski definition) is 1. The van der Waals surface area contributed by atoms with Gasteiger partial charge in [-0.2, -0.15) is 4.31 Å². The van der Waals surface area contributed by atoms with E-state index in [1.54, 1.807) is 18.2 Å². The van der Waals surface area contributed by atoms with Crippen molar-refractivity contribution in [3.63, 3.8) is 0 Å². The molecule has 0 spiro atoms. The third-order valence-corrected chi connectivity index (χ3v) is 8.35. The quantitative estimate of drug-likeness (QED) is 0.600. The van der Waals surface area contributed by atoms with Crippen molar-refractivity contribution in [1.29, 1.82) is 0 Å². The lowest BCUT2D eigenvalue weighted by Crippen LogP contribution is -2.40. The number of carbonyl (C=O) groups is 1. The highest BCUT2D eigenvalue weighted by Gasteiger charge is 2.24. The number of nitrogens with zero attached hydrogens (tertiary/aromatic N) is 4. The molecule has 1 atom stereocenters. The molecule has 1 N–H and O–H groups in total. The molecule has 1 amide bonds. The molecule has 8 nitrogen and oxygen atoms in total. The van der Waals surface area contributed by atoms with Crippen LogP contribution in [0.15, 0.2) is 23.1 Å². The van der Waals surface area contributed by atoms with E-state index in [-0.39, 0.29) is 10.8 Å². The average Bonchev–Trinajstić information content (AvgIpc) is 3.35. The molecule has 1 aliphatic heterocycles. The van der Waals surface area contributed by atoms with Gasteiger partial charge in [0.1, 0.15) is 5.82 Å². The van der Waals surface area contributed by atoms with E-state index in [2.05, 4.69) is 22.1 Å². The lowest BCUT2D eigenvalue weighted by molar-refractivity contribution is -0.121. The maximum atomic E-state index is 12.8. The highest BCUT2D eigenvalue weighted by atomic mass is 32.2. The molecule has 2 aromatic rings. The molecule has 172 valence electrons. The Bertz CT molecular complexity index is 1010. The molecule has 1 aromatic carbocycles. The van der Waals surface area contributed by atoms with Gasteiger partial charge in [-0.3, -0.25) is 9.69 Å². The largest absolute Gasteiger partial charge is 0.355 e. The number of aromatic nitrogens is 2. The van der Waals surface area contributed by atoms with Gasteiger partial charge in [0.15, 0.2) is 0 Å². The van der Waals surface area contributed by atoms with Gasteiger partial charge < -0.3 is 9.88 Å². The van der Waals surface area contributed by atoms with Crippen LogP contribution < -0.4 is 5.32 Å². The fourth-order valence-electron chi connectivity index (χ4n) is 4.41. The highest BCUT2D eigenvalue weighted by Crippen LogP contribution is 2.23. The first-order chi connectivity index (χ1) is 14.8. The van der Waals surface area contributed by atoms with Crippen LogP contribution in [0.2, 0.25) is 0 Å². The second-order valence-corrected chi connectivity index (χ2v) is 9.99. The normalized spacial score (nSPS) is 17.6. The van der Waals surface area contributed by atoms with Crippen LogP contribution in [0.25, 0.3) is 11.0 Å². The molecule has 0 bridgehead atoms. The van der Waals surface area contributed by atoms with E-state index in [1.807, 2.05) is 25.5 Å². The average molecular weight is 450 g/mol. The molecular formula is C22H35N5O3S. The molecule has 0 aliphatic carbocycles. The SMILES string of the molecule is CCN1CCCC1CNC(=O)CCc1nc2cc(S(=O)(=O)N(CC)CC)ccc2n1C. The topological polar surface area (TPSA) is 87.5 Å². The van der Waals surface area contributed by atoms with Gasteiger partial charge in [0.05, 0.1) is 15.9 Å². The zero-order valence-corrected chi connectivity index (χ0v) is 19.9. The first-order valence-electron chi connectivity index (χ1n) is 11.3. The summed E-state index contributed by atoms with van der Waals surface area (Å²) in [5, 5.41) is 3.06. The van der Waals surface area contributed by atoms with Gasteiger partial charge in [-0.1, -0.05) is 20.8 Å². The Kier molecular flexibility index (Phi) is 7.72. The van der Waals surface area contributed by atoms with E-state index in [1.165, 1.54) is 10.7 Å². The number of likely N-dealkylation sites (tertiary alicyclic amines) is 1. The van der Waals surface area contributed by atoms with E-state index < -0.39 is 10.0 Å². The highest BCUT2D eigenvalue weighted by molar-refractivity contribution is 7.89. The van der Waals surface area contributed by atoms with Crippen molar-refractivity contribution < 1.29 is 13.2 Å². The Balaban J connectivity index is 1.66. The smallest absolute Gasteiger partial charge is 0.243 e. The van der Waals surface area contributed by atoms with Gasteiger partial charge in [0.2, 0.25) is 15.9 Å². The van der Waals surface area contributed by atoms with Gasteiger partial charge in [-0.15, -0.1) is 0 Å². The second kappa shape index (κ2) is 10.1. The minimum atomic E-state index is -3.53.